The van der Waals surface area contributed by atoms with Crippen molar-refractivity contribution in [2.45, 2.75) is 0 Å². The van der Waals surface area contributed by atoms with Gasteiger partial charge in [-0.3, -0.25) is 9.89 Å². The molecule has 1 aromatic carbocycles. The summed E-state index contributed by atoms with van der Waals surface area (Å²) in [7, 11) is 0. The number of aromatic carboxylic acids is 1. The number of benzene rings is 1. The van der Waals surface area contributed by atoms with Gasteiger partial charge in [0.2, 0.25) is 0 Å². The van der Waals surface area contributed by atoms with E-state index in [0.29, 0.717) is 5.69 Å². The quantitative estimate of drug-likeness (QED) is 0.819. The minimum absolute atomic E-state index is 0.122. The van der Waals surface area contributed by atoms with Crippen molar-refractivity contribution in [1.82, 2.24) is 9.78 Å². The van der Waals surface area contributed by atoms with Crippen molar-refractivity contribution in [3.05, 3.63) is 49.9 Å². The van der Waals surface area contributed by atoms with Crippen LogP contribution >= 0.6 is 22.6 Å². The highest BCUT2D eigenvalue weighted by molar-refractivity contribution is 14.1. The highest BCUT2D eigenvalue weighted by atomic mass is 127. The Hall–Kier alpha value is -1.57. The summed E-state index contributed by atoms with van der Waals surface area (Å²) in [6, 6.07) is 8.21. The molecule has 1 aromatic heterocycles. The third-order valence-corrected chi connectivity index (χ3v) is 2.75. The Morgan fingerprint density at radius 2 is 1.94 bits per heavy atom. The number of rotatable bonds is 2. The summed E-state index contributed by atoms with van der Waals surface area (Å²) in [6.07, 6.45) is 0. The Kier molecular flexibility index (Phi) is 2.82. The molecule has 0 amide bonds. The van der Waals surface area contributed by atoms with Crippen LogP contribution in [0.2, 0.25) is 0 Å². The third kappa shape index (κ3) is 2.01. The van der Waals surface area contributed by atoms with E-state index in [1.807, 2.05) is 12.1 Å². The van der Waals surface area contributed by atoms with E-state index >= 15 is 0 Å². The van der Waals surface area contributed by atoms with E-state index in [-0.39, 0.29) is 5.69 Å². The van der Waals surface area contributed by atoms with E-state index in [1.54, 1.807) is 12.1 Å². The number of nitrogens with zero attached hydrogens (tertiary/aromatic N) is 1. The molecule has 0 bridgehead atoms. The maximum atomic E-state index is 11.5. The normalized spacial score (nSPS) is 10.3. The topological polar surface area (TPSA) is 75.1 Å². The van der Waals surface area contributed by atoms with Gasteiger partial charge >= 0.3 is 5.97 Å². The Morgan fingerprint density at radius 1 is 1.31 bits per heavy atom. The summed E-state index contributed by atoms with van der Waals surface area (Å²) in [6.45, 7) is 0. The van der Waals surface area contributed by atoms with Crippen molar-refractivity contribution in [2.75, 3.05) is 0 Å². The number of carbonyl (C=O) groups is 1. The first-order valence-electron chi connectivity index (χ1n) is 4.39. The van der Waals surface area contributed by atoms with Gasteiger partial charge in [0.1, 0.15) is 5.69 Å². The molecule has 0 saturated heterocycles. The molecule has 0 spiro atoms. The standard InChI is InChI=1S/C10H7IN2O3/c11-6-1-3-7(4-2-6)13-9(14)5-8(12-13)10(15)16/h1-5,12H,(H,15,16). The first-order chi connectivity index (χ1) is 7.58. The lowest BCUT2D eigenvalue weighted by Gasteiger charge is -2.00. The fourth-order valence-electron chi connectivity index (χ4n) is 1.29. The van der Waals surface area contributed by atoms with E-state index in [2.05, 4.69) is 27.7 Å². The number of nitrogens with one attached hydrogen (secondary N) is 1. The van der Waals surface area contributed by atoms with E-state index < -0.39 is 11.5 Å². The van der Waals surface area contributed by atoms with Gasteiger partial charge in [0.05, 0.1) is 5.69 Å². The van der Waals surface area contributed by atoms with Crippen LogP contribution in [0.25, 0.3) is 5.69 Å². The number of carboxylic acids is 1. The second-order valence-electron chi connectivity index (χ2n) is 3.13. The van der Waals surface area contributed by atoms with Crippen molar-refractivity contribution >= 4 is 28.6 Å². The van der Waals surface area contributed by atoms with E-state index in [1.165, 1.54) is 4.68 Å². The molecule has 0 saturated carbocycles. The SMILES string of the molecule is O=C(O)c1cc(=O)n(-c2ccc(I)cc2)[nH]1. The van der Waals surface area contributed by atoms with Gasteiger partial charge in [0.15, 0.2) is 0 Å². The van der Waals surface area contributed by atoms with Crippen LogP contribution in [0.3, 0.4) is 0 Å². The summed E-state index contributed by atoms with van der Waals surface area (Å²) in [5.74, 6) is -1.15. The number of hydrogen-bond donors (Lipinski definition) is 2. The summed E-state index contributed by atoms with van der Waals surface area (Å²) in [4.78, 5) is 22.2. The summed E-state index contributed by atoms with van der Waals surface area (Å²) >= 11 is 2.15. The zero-order valence-corrected chi connectivity index (χ0v) is 10.1. The van der Waals surface area contributed by atoms with Crippen LogP contribution in [0.15, 0.2) is 35.1 Å². The molecule has 0 aliphatic heterocycles. The molecule has 2 N–H and O–H groups in total. The fourth-order valence-corrected chi connectivity index (χ4v) is 1.65. The minimum atomic E-state index is -1.15. The van der Waals surface area contributed by atoms with Crippen molar-refractivity contribution in [3.8, 4) is 5.69 Å². The predicted octanol–water partition coefficient (Wildman–Crippen LogP) is 1.47. The molecule has 16 heavy (non-hydrogen) atoms. The van der Waals surface area contributed by atoms with Crippen LogP contribution in [0.5, 0.6) is 0 Å². The predicted molar refractivity (Wildman–Crippen MR) is 66.1 cm³/mol. The first-order valence-corrected chi connectivity index (χ1v) is 5.47. The van der Waals surface area contributed by atoms with Gasteiger partial charge in [0.25, 0.3) is 5.56 Å². The van der Waals surface area contributed by atoms with Gasteiger partial charge in [-0.05, 0) is 46.9 Å². The average molecular weight is 330 g/mol. The molecular weight excluding hydrogens is 323 g/mol. The first kappa shape index (κ1) is 10.9. The molecule has 0 radical (unpaired) electrons. The second-order valence-corrected chi connectivity index (χ2v) is 4.37. The maximum absolute atomic E-state index is 11.5. The monoisotopic (exact) mass is 330 g/mol. The van der Waals surface area contributed by atoms with Crippen LogP contribution < -0.4 is 5.56 Å². The Morgan fingerprint density at radius 3 is 2.44 bits per heavy atom. The molecule has 0 atom stereocenters. The van der Waals surface area contributed by atoms with Gasteiger partial charge < -0.3 is 5.11 Å². The van der Waals surface area contributed by atoms with Gasteiger partial charge in [-0.25, -0.2) is 9.48 Å². The van der Waals surface area contributed by atoms with Gasteiger partial charge in [-0.15, -0.1) is 0 Å². The average Bonchev–Trinajstić information content (AvgIpc) is 2.62. The molecule has 2 rings (SSSR count). The smallest absolute Gasteiger partial charge is 0.353 e. The number of H-pyrrole nitrogens is 1. The van der Waals surface area contributed by atoms with Crippen LogP contribution in [0, 0.1) is 3.57 Å². The summed E-state index contributed by atoms with van der Waals surface area (Å²) in [5, 5.41) is 11.2. The Balaban J connectivity index is 2.52. The van der Waals surface area contributed by atoms with E-state index in [9.17, 15) is 9.59 Å². The van der Waals surface area contributed by atoms with E-state index in [0.717, 1.165) is 9.64 Å². The molecule has 6 heteroatoms. The third-order valence-electron chi connectivity index (χ3n) is 2.04. The lowest BCUT2D eigenvalue weighted by Crippen LogP contribution is -2.13. The number of aromatic amines is 1. The Labute approximate surface area is 104 Å². The van der Waals surface area contributed by atoms with Crippen LogP contribution in [0.1, 0.15) is 10.5 Å². The molecule has 0 fully saturated rings. The van der Waals surface area contributed by atoms with Crippen LogP contribution in [-0.2, 0) is 0 Å². The number of halogens is 1. The van der Waals surface area contributed by atoms with Crippen molar-refractivity contribution in [1.29, 1.82) is 0 Å². The highest BCUT2D eigenvalue weighted by Crippen LogP contribution is 2.09. The molecule has 2 aromatic rings. The maximum Gasteiger partial charge on any atom is 0.353 e. The second kappa shape index (κ2) is 4.12. The zero-order valence-electron chi connectivity index (χ0n) is 7.98. The van der Waals surface area contributed by atoms with Crippen molar-refractivity contribution in [3.63, 3.8) is 0 Å². The number of carboxylic acid groups (broad SMARTS) is 1. The molecule has 5 nitrogen and oxygen atoms in total. The molecule has 82 valence electrons. The van der Waals surface area contributed by atoms with Crippen molar-refractivity contribution < 1.29 is 9.90 Å². The van der Waals surface area contributed by atoms with Crippen LogP contribution in [-0.4, -0.2) is 20.9 Å². The van der Waals surface area contributed by atoms with Gasteiger partial charge in [-0.2, -0.15) is 0 Å². The minimum Gasteiger partial charge on any atom is -0.477 e. The number of hydrogen-bond acceptors (Lipinski definition) is 2. The van der Waals surface area contributed by atoms with Crippen LogP contribution in [0.4, 0.5) is 0 Å². The summed E-state index contributed by atoms with van der Waals surface area (Å²) in [5.41, 5.74) is 0.0973. The fraction of sp³-hybridized carbons (Fsp3) is 0. The molecule has 0 aliphatic rings. The Bertz CT molecular complexity index is 583. The van der Waals surface area contributed by atoms with Gasteiger partial charge in [0, 0.05) is 9.64 Å². The lowest BCUT2D eigenvalue weighted by atomic mass is 10.3. The molecule has 0 unspecified atom stereocenters. The molecular formula is C10H7IN2O3. The molecule has 0 aliphatic carbocycles. The largest absolute Gasteiger partial charge is 0.477 e. The zero-order chi connectivity index (χ0) is 11.7. The lowest BCUT2D eigenvalue weighted by molar-refractivity contribution is 0.0690. The van der Waals surface area contributed by atoms with Gasteiger partial charge in [-0.1, -0.05) is 0 Å². The number of aromatic nitrogens is 2. The molecule has 1 heterocycles. The summed E-state index contributed by atoms with van der Waals surface area (Å²) < 4.78 is 2.24. The highest BCUT2D eigenvalue weighted by Gasteiger charge is 2.09. The van der Waals surface area contributed by atoms with Crippen molar-refractivity contribution in [2.24, 2.45) is 0 Å². The van der Waals surface area contributed by atoms with E-state index in [4.69, 9.17) is 5.11 Å².